The zero-order chi connectivity index (χ0) is 13.8. The fourth-order valence-corrected chi connectivity index (χ4v) is 2.88. The standard InChI is InChI=1S/C13H16F2N2S2/c1-19-8-4-2-3-7-17-12-10(16-13(17)18)6-5-9(14)11(12)15/h5-6H,2-4,7-8H2,1H3,(H,16,18). The van der Waals surface area contributed by atoms with Crippen LogP contribution in [-0.2, 0) is 6.54 Å². The van der Waals surface area contributed by atoms with Gasteiger partial charge in [0.1, 0.15) is 5.52 Å². The number of fused-ring (bicyclic) bond motifs is 1. The second-order valence-electron chi connectivity index (χ2n) is 4.39. The summed E-state index contributed by atoms with van der Waals surface area (Å²) in [7, 11) is 0. The van der Waals surface area contributed by atoms with E-state index >= 15 is 0 Å². The molecule has 2 nitrogen and oxygen atoms in total. The molecule has 0 unspecified atom stereocenters. The van der Waals surface area contributed by atoms with Crippen molar-refractivity contribution in [1.82, 2.24) is 9.55 Å². The summed E-state index contributed by atoms with van der Waals surface area (Å²) in [4.78, 5) is 2.91. The number of aromatic nitrogens is 2. The number of hydrogen-bond donors (Lipinski definition) is 1. The minimum atomic E-state index is -0.836. The van der Waals surface area contributed by atoms with Gasteiger partial charge in [-0.05, 0) is 49.2 Å². The highest BCUT2D eigenvalue weighted by Gasteiger charge is 2.13. The van der Waals surface area contributed by atoms with Gasteiger partial charge in [-0.25, -0.2) is 8.78 Å². The third-order valence-corrected chi connectivity index (χ3v) is 4.08. The molecule has 6 heteroatoms. The Morgan fingerprint density at radius 3 is 2.79 bits per heavy atom. The summed E-state index contributed by atoms with van der Waals surface area (Å²) >= 11 is 6.99. The molecule has 1 N–H and O–H groups in total. The van der Waals surface area contributed by atoms with Crippen LogP contribution in [0.5, 0.6) is 0 Å². The summed E-state index contributed by atoms with van der Waals surface area (Å²) in [5, 5.41) is 0. The molecular weight excluding hydrogens is 286 g/mol. The molecule has 0 amide bonds. The first kappa shape index (κ1) is 14.5. The van der Waals surface area contributed by atoms with Gasteiger partial charge in [0.15, 0.2) is 16.4 Å². The van der Waals surface area contributed by atoms with Crippen molar-refractivity contribution < 1.29 is 8.78 Å². The van der Waals surface area contributed by atoms with Gasteiger partial charge in [0.2, 0.25) is 0 Å². The number of nitrogens with zero attached hydrogens (tertiary/aromatic N) is 1. The van der Waals surface area contributed by atoms with Crippen molar-refractivity contribution >= 4 is 35.0 Å². The van der Waals surface area contributed by atoms with Crippen LogP contribution in [0.3, 0.4) is 0 Å². The third-order valence-electron chi connectivity index (χ3n) is 3.06. The van der Waals surface area contributed by atoms with E-state index in [9.17, 15) is 8.78 Å². The molecule has 0 saturated heterocycles. The summed E-state index contributed by atoms with van der Waals surface area (Å²) in [6.07, 6.45) is 5.19. The number of unbranched alkanes of at least 4 members (excludes halogenated alkanes) is 2. The zero-order valence-corrected chi connectivity index (χ0v) is 12.3. The van der Waals surface area contributed by atoms with Crippen LogP contribution >= 0.6 is 24.0 Å². The average Bonchev–Trinajstić information content (AvgIpc) is 2.71. The molecule has 1 aromatic carbocycles. The molecule has 0 fully saturated rings. The van der Waals surface area contributed by atoms with Crippen molar-refractivity contribution in [3.63, 3.8) is 0 Å². The maximum atomic E-state index is 13.8. The smallest absolute Gasteiger partial charge is 0.184 e. The van der Waals surface area contributed by atoms with Gasteiger partial charge < -0.3 is 9.55 Å². The number of imidazole rings is 1. The molecule has 1 aromatic heterocycles. The second-order valence-corrected chi connectivity index (χ2v) is 5.77. The molecule has 0 bridgehead atoms. The van der Waals surface area contributed by atoms with E-state index in [1.54, 1.807) is 4.57 Å². The molecule has 0 aliphatic rings. The van der Waals surface area contributed by atoms with Crippen molar-refractivity contribution in [3.8, 4) is 0 Å². The van der Waals surface area contributed by atoms with Crippen molar-refractivity contribution in [2.24, 2.45) is 0 Å². The van der Waals surface area contributed by atoms with Gasteiger partial charge in [0, 0.05) is 6.54 Å². The average molecular weight is 302 g/mol. The van der Waals surface area contributed by atoms with Crippen LogP contribution in [0.1, 0.15) is 19.3 Å². The lowest BCUT2D eigenvalue weighted by atomic mass is 10.2. The quantitative estimate of drug-likeness (QED) is 0.626. The van der Waals surface area contributed by atoms with E-state index in [1.807, 2.05) is 11.8 Å². The monoisotopic (exact) mass is 302 g/mol. The lowest BCUT2D eigenvalue weighted by molar-refractivity contribution is 0.508. The van der Waals surface area contributed by atoms with Crippen LogP contribution in [-0.4, -0.2) is 21.6 Å². The van der Waals surface area contributed by atoms with E-state index < -0.39 is 11.6 Å². The first-order valence-corrected chi connectivity index (χ1v) is 8.01. The molecule has 0 saturated carbocycles. The molecule has 0 aliphatic heterocycles. The van der Waals surface area contributed by atoms with Crippen molar-refractivity contribution in [2.45, 2.75) is 25.8 Å². The molecule has 104 valence electrons. The largest absolute Gasteiger partial charge is 0.330 e. The number of hydrogen-bond acceptors (Lipinski definition) is 2. The predicted molar refractivity (Wildman–Crippen MR) is 79.3 cm³/mol. The molecule has 0 atom stereocenters. The Morgan fingerprint density at radius 1 is 1.26 bits per heavy atom. The molecule has 2 aromatic rings. The maximum absolute atomic E-state index is 13.8. The zero-order valence-electron chi connectivity index (χ0n) is 10.7. The first-order chi connectivity index (χ1) is 9.15. The van der Waals surface area contributed by atoms with E-state index in [2.05, 4.69) is 11.2 Å². The van der Waals surface area contributed by atoms with Gasteiger partial charge in [0.25, 0.3) is 0 Å². The van der Waals surface area contributed by atoms with Crippen LogP contribution in [0.15, 0.2) is 12.1 Å². The van der Waals surface area contributed by atoms with Gasteiger partial charge in [0.05, 0.1) is 5.52 Å². The van der Waals surface area contributed by atoms with Crippen LogP contribution in [0.25, 0.3) is 11.0 Å². The molecule has 0 aliphatic carbocycles. The highest BCUT2D eigenvalue weighted by Crippen LogP contribution is 2.21. The van der Waals surface area contributed by atoms with E-state index in [1.165, 1.54) is 6.07 Å². The summed E-state index contributed by atoms with van der Waals surface area (Å²) < 4.78 is 29.2. The van der Waals surface area contributed by atoms with Gasteiger partial charge in [-0.1, -0.05) is 6.42 Å². The summed E-state index contributed by atoms with van der Waals surface area (Å²) in [5.41, 5.74) is 0.794. The lowest BCUT2D eigenvalue weighted by Crippen LogP contribution is -2.01. The SMILES string of the molecule is CSCCCCCn1c(=S)[nH]c2ccc(F)c(F)c21. The number of halogens is 2. The number of H-pyrrole nitrogens is 1. The Bertz CT molecular complexity index is 619. The Kier molecular flexibility index (Phi) is 4.99. The number of rotatable bonds is 6. The minimum absolute atomic E-state index is 0.245. The van der Waals surface area contributed by atoms with Crippen LogP contribution in [0, 0.1) is 16.4 Å². The maximum Gasteiger partial charge on any atom is 0.184 e. The van der Waals surface area contributed by atoms with Crippen LogP contribution < -0.4 is 0 Å². The lowest BCUT2D eigenvalue weighted by Gasteiger charge is -2.05. The minimum Gasteiger partial charge on any atom is -0.330 e. The Labute approximate surface area is 120 Å². The molecule has 2 rings (SSSR count). The van der Waals surface area contributed by atoms with Crippen LogP contribution in [0.4, 0.5) is 8.78 Å². The second kappa shape index (κ2) is 6.52. The molecule has 0 spiro atoms. The Hall–Kier alpha value is -0.880. The van der Waals surface area contributed by atoms with Gasteiger partial charge in [-0.15, -0.1) is 0 Å². The van der Waals surface area contributed by atoms with E-state index in [4.69, 9.17) is 12.2 Å². The Balaban J connectivity index is 2.20. The number of nitrogens with one attached hydrogen (secondary N) is 1. The topological polar surface area (TPSA) is 20.7 Å². The van der Waals surface area contributed by atoms with Crippen molar-refractivity contribution in [1.29, 1.82) is 0 Å². The van der Waals surface area contributed by atoms with E-state index in [0.29, 0.717) is 16.8 Å². The molecular formula is C13H16F2N2S2. The van der Waals surface area contributed by atoms with Gasteiger partial charge in [-0.3, -0.25) is 0 Å². The number of aryl methyl sites for hydroxylation is 1. The third kappa shape index (κ3) is 3.17. The number of aromatic amines is 1. The predicted octanol–water partition coefficient (Wildman–Crippen LogP) is 4.51. The van der Waals surface area contributed by atoms with Crippen LogP contribution in [0.2, 0.25) is 0 Å². The van der Waals surface area contributed by atoms with Gasteiger partial charge in [-0.2, -0.15) is 11.8 Å². The first-order valence-electron chi connectivity index (χ1n) is 6.20. The molecule has 19 heavy (non-hydrogen) atoms. The fraction of sp³-hybridized carbons (Fsp3) is 0.462. The highest BCUT2D eigenvalue weighted by atomic mass is 32.2. The number of thioether (sulfide) groups is 1. The Morgan fingerprint density at radius 2 is 2.05 bits per heavy atom. The highest BCUT2D eigenvalue weighted by molar-refractivity contribution is 7.98. The fourth-order valence-electron chi connectivity index (χ4n) is 2.10. The van der Waals surface area contributed by atoms with Crippen molar-refractivity contribution in [3.05, 3.63) is 28.5 Å². The number of benzene rings is 1. The summed E-state index contributed by atoms with van der Waals surface area (Å²) in [6.45, 7) is 0.619. The summed E-state index contributed by atoms with van der Waals surface area (Å²) in [6, 6.07) is 2.64. The van der Waals surface area contributed by atoms with E-state index in [-0.39, 0.29) is 5.52 Å². The normalized spacial score (nSPS) is 11.3. The van der Waals surface area contributed by atoms with E-state index in [0.717, 1.165) is 31.1 Å². The summed E-state index contributed by atoms with van der Waals surface area (Å²) in [5.74, 6) is -0.533. The van der Waals surface area contributed by atoms with Gasteiger partial charge >= 0.3 is 0 Å². The van der Waals surface area contributed by atoms with Crippen molar-refractivity contribution in [2.75, 3.05) is 12.0 Å². The molecule has 1 heterocycles. The molecule has 0 radical (unpaired) electrons.